The molecule has 0 aromatic carbocycles. The molecule has 5 heteroatoms. The van der Waals surface area contributed by atoms with Crippen LogP contribution in [0, 0.1) is 0 Å². The van der Waals surface area contributed by atoms with Gasteiger partial charge in [-0.1, -0.05) is 13.8 Å². The molecule has 1 atom stereocenters. The Morgan fingerprint density at radius 2 is 2.15 bits per heavy atom. The monoisotopic (exact) mass is 338 g/mol. The molecule has 110 valence electrons. The molecule has 2 aromatic rings. The van der Waals surface area contributed by atoms with Crippen LogP contribution in [0.15, 0.2) is 22.9 Å². The SMILES string of the molecule is CCc1nn(C)c(Cn2ccc(CC(N)CC)c2)c1Br. The molecule has 2 heterocycles. The molecule has 0 radical (unpaired) electrons. The average molecular weight is 339 g/mol. The number of aromatic nitrogens is 3. The summed E-state index contributed by atoms with van der Waals surface area (Å²) in [7, 11) is 2.00. The van der Waals surface area contributed by atoms with Crippen LogP contribution in [0.25, 0.3) is 0 Å². The maximum Gasteiger partial charge on any atom is 0.0767 e. The summed E-state index contributed by atoms with van der Waals surface area (Å²) in [6, 6.07) is 2.40. The van der Waals surface area contributed by atoms with Gasteiger partial charge in [-0.05, 0) is 46.8 Å². The van der Waals surface area contributed by atoms with Gasteiger partial charge in [0.25, 0.3) is 0 Å². The van der Waals surface area contributed by atoms with Gasteiger partial charge in [-0.25, -0.2) is 0 Å². The molecular formula is C15H23BrN4. The van der Waals surface area contributed by atoms with Crippen LogP contribution in [-0.2, 0) is 26.4 Å². The Labute approximate surface area is 129 Å². The van der Waals surface area contributed by atoms with Crippen molar-refractivity contribution in [1.29, 1.82) is 0 Å². The third kappa shape index (κ3) is 3.33. The largest absolute Gasteiger partial charge is 0.348 e. The van der Waals surface area contributed by atoms with Crippen molar-refractivity contribution in [3.8, 4) is 0 Å². The van der Waals surface area contributed by atoms with E-state index in [1.54, 1.807) is 0 Å². The van der Waals surface area contributed by atoms with Crippen molar-refractivity contribution in [3.63, 3.8) is 0 Å². The zero-order chi connectivity index (χ0) is 14.7. The first-order valence-corrected chi connectivity index (χ1v) is 7.94. The average Bonchev–Trinajstić information content (AvgIpc) is 2.98. The third-order valence-electron chi connectivity index (χ3n) is 3.67. The van der Waals surface area contributed by atoms with Crippen LogP contribution in [0.1, 0.15) is 37.2 Å². The lowest BCUT2D eigenvalue weighted by atomic mass is 10.1. The standard InChI is InChI=1S/C15H23BrN4/c1-4-12(17)8-11-6-7-20(9-11)10-14-15(16)13(5-2)18-19(14)3/h6-7,9,12H,4-5,8,10,17H2,1-3H3. The predicted octanol–water partition coefficient (Wildman–Crippen LogP) is 2.87. The molecule has 0 saturated carbocycles. The second kappa shape index (κ2) is 6.59. The van der Waals surface area contributed by atoms with Gasteiger partial charge in [-0.3, -0.25) is 4.68 Å². The summed E-state index contributed by atoms with van der Waals surface area (Å²) in [5.41, 5.74) is 9.62. The normalized spacial score (nSPS) is 12.8. The van der Waals surface area contributed by atoms with Crippen molar-refractivity contribution < 1.29 is 0 Å². The Kier molecular flexibility index (Phi) is 5.05. The van der Waals surface area contributed by atoms with Crippen LogP contribution < -0.4 is 5.73 Å². The van der Waals surface area contributed by atoms with E-state index in [0.717, 1.165) is 36.0 Å². The molecule has 1 unspecified atom stereocenters. The lowest BCUT2D eigenvalue weighted by molar-refractivity contribution is 0.640. The van der Waals surface area contributed by atoms with Crippen LogP contribution in [0.5, 0.6) is 0 Å². The van der Waals surface area contributed by atoms with Crippen molar-refractivity contribution in [2.75, 3.05) is 0 Å². The summed E-state index contributed by atoms with van der Waals surface area (Å²) in [6.45, 7) is 5.07. The van der Waals surface area contributed by atoms with Crippen molar-refractivity contribution >= 4 is 15.9 Å². The Bertz CT molecular complexity index is 570. The minimum absolute atomic E-state index is 0.251. The summed E-state index contributed by atoms with van der Waals surface area (Å²) in [6.07, 6.45) is 7.19. The van der Waals surface area contributed by atoms with Crippen LogP contribution in [-0.4, -0.2) is 20.4 Å². The summed E-state index contributed by atoms with van der Waals surface area (Å²) in [4.78, 5) is 0. The third-order valence-corrected chi connectivity index (χ3v) is 4.58. The number of hydrogen-bond acceptors (Lipinski definition) is 2. The Hall–Kier alpha value is -1.07. The molecule has 0 saturated heterocycles. The van der Waals surface area contributed by atoms with Gasteiger partial charge in [0, 0.05) is 25.5 Å². The topological polar surface area (TPSA) is 48.8 Å². The fourth-order valence-electron chi connectivity index (χ4n) is 2.32. The van der Waals surface area contributed by atoms with Gasteiger partial charge in [0.05, 0.1) is 22.4 Å². The second-order valence-corrected chi connectivity index (χ2v) is 6.04. The minimum Gasteiger partial charge on any atom is -0.348 e. The highest BCUT2D eigenvalue weighted by atomic mass is 79.9. The van der Waals surface area contributed by atoms with Gasteiger partial charge < -0.3 is 10.3 Å². The summed E-state index contributed by atoms with van der Waals surface area (Å²) in [5, 5.41) is 4.53. The number of aryl methyl sites for hydroxylation is 2. The minimum atomic E-state index is 0.251. The Morgan fingerprint density at radius 3 is 2.75 bits per heavy atom. The first-order chi connectivity index (χ1) is 9.55. The number of halogens is 1. The first-order valence-electron chi connectivity index (χ1n) is 7.15. The van der Waals surface area contributed by atoms with E-state index in [-0.39, 0.29) is 6.04 Å². The molecule has 0 aliphatic carbocycles. The fourth-order valence-corrected chi connectivity index (χ4v) is 3.06. The van der Waals surface area contributed by atoms with Crippen molar-refractivity contribution in [2.45, 2.75) is 45.7 Å². The van der Waals surface area contributed by atoms with Crippen LogP contribution in [0.4, 0.5) is 0 Å². The highest BCUT2D eigenvalue weighted by molar-refractivity contribution is 9.10. The molecule has 2 N–H and O–H groups in total. The summed E-state index contributed by atoms with van der Waals surface area (Å²) >= 11 is 3.66. The molecule has 0 amide bonds. The molecule has 0 fully saturated rings. The van der Waals surface area contributed by atoms with Gasteiger partial charge in [0.2, 0.25) is 0 Å². The smallest absolute Gasteiger partial charge is 0.0767 e. The molecule has 0 aliphatic heterocycles. The van der Waals surface area contributed by atoms with Crippen LogP contribution in [0.2, 0.25) is 0 Å². The van der Waals surface area contributed by atoms with Gasteiger partial charge in [0.1, 0.15) is 0 Å². The van der Waals surface area contributed by atoms with Gasteiger partial charge in [0.15, 0.2) is 0 Å². The van der Waals surface area contributed by atoms with Crippen LogP contribution in [0.3, 0.4) is 0 Å². The summed E-state index contributed by atoms with van der Waals surface area (Å²) < 4.78 is 5.28. The molecule has 0 spiro atoms. The van der Waals surface area contributed by atoms with Crippen molar-refractivity contribution in [2.24, 2.45) is 12.8 Å². The van der Waals surface area contributed by atoms with Gasteiger partial charge in [-0.15, -0.1) is 0 Å². The zero-order valence-corrected chi connectivity index (χ0v) is 14.0. The second-order valence-electron chi connectivity index (χ2n) is 5.25. The van der Waals surface area contributed by atoms with Gasteiger partial charge in [-0.2, -0.15) is 5.10 Å². The molecule has 0 bridgehead atoms. The van der Waals surface area contributed by atoms with E-state index in [4.69, 9.17) is 5.73 Å². The van der Waals surface area contributed by atoms with Gasteiger partial charge >= 0.3 is 0 Å². The Balaban J connectivity index is 2.13. The zero-order valence-electron chi connectivity index (χ0n) is 12.4. The molecular weight excluding hydrogens is 316 g/mol. The van der Waals surface area contributed by atoms with E-state index in [9.17, 15) is 0 Å². The van der Waals surface area contributed by atoms with E-state index in [1.807, 2.05) is 11.7 Å². The van der Waals surface area contributed by atoms with Crippen molar-refractivity contribution in [1.82, 2.24) is 14.3 Å². The fraction of sp³-hybridized carbons (Fsp3) is 0.533. The molecule has 0 aliphatic rings. The number of nitrogens with two attached hydrogens (primary N) is 1. The lowest BCUT2D eigenvalue weighted by Crippen LogP contribution is -2.21. The number of rotatable bonds is 6. The quantitative estimate of drug-likeness (QED) is 0.880. The number of hydrogen-bond donors (Lipinski definition) is 1. The summed E-state index contributed by atoms with van der Waals surface area (Å²) in [5.74, 6) is 0. The maximum atomic E-state index is 6.01. The van der Waals surface area contributed by atoms with E-state index >= 15 is 0 Å². The number of nitrogens with zero attached hydrogens (tertiary/aromatic N) is 3. The highest BCUT2D eigenvalue weighted by Crippen LogP contribution is 2.22. The maximum absolute atomic E-state index is 6.01. The van der Waals surface area contributed by atoms with Crippen molar-refractivity contribution in [3.05, 3.63) is 39.9 Å². The molecule has 2 aromatic heterocycles. The highest BCUT2D eigenvalue weighted by Gasteiger charge is 2.13. The van der Waals surface area contributed by atoms with E-state index in [2.05, 4.69) is 57.9 Å². The van der Waals surface area contributed by atoms with E-state index in [0.29, 0.717) is 0 Å². The van der Waals surface area contributed by atoms with E-state index in [1.165, 1.54) is 11.3 Å². The predicted molar refractivity (Wildman–Crippen MR) is 85.8 cm³/mol. The van der Waals surface area contributed by atoms with Crippen LogP contribution >= 0.6 is 15.9 Å². The molecule has 20 heavy (non-hydrogen) atoms. The lowest BCUT2D eigenvalue weighted by Gasteiger charge is -2.07. The molecule has 4 nitrogen and oxygen atoms in total. The van der Waals surface area contributed by atoms with E-state index < -0.39 is 0 Å². The first kappa shape index (κ1) is 15.3. The molecule has 2 rings (SSSR count). The Morgan fingerprint density at radius 1 is 1.40 bits per heavy atom.